The van der Waals surface area contributed by atoms with E-state index in [0.717, 1.165) is 17.0 Å². The summed E-state index contributed by atoms with van der Waals surface area (Å²) >= 11 is 0. The lowest BCUT2D eigenvalue weighted by Gasteiger charge is -2.09. The maximum Gasteiger partial charge on any atom is 0.272 e. The van der Waals surface area contributed by atoms with Crippen LogP contribution in [0.4, 0.5) is 11.4 Å². The van der Waals surface area contributed by atoms with Gasteiger partial charge in [-0.05, 0) is 74.9 Å². The number of carbonyl (C=O) groups is 1. The van der Waals surface area contributed by atoms with Crippen molar-refractivity contribution in [2.45, 2.75) is 20.8 Å². The number of benzene rings is 3. The Hall–Kier alpha value is -4.27. The first-order valence-electron chi connectivity index (χ1n) is 10.0. The van der Waals surface area contributed by atoms with Crippen molar-refractivity contribution in [3.8, 4) is 11.4 Å². The summed E-state index contributed by atoms with van der Waals surface area (Å²) in [6.07, 6.45) is 0. The fourth-order valence-electron chi connectivity index (χ4n) is 3.36. The Bertz CT molecular complexity index is 1330. The molecule has 1 amide bonds. The first-order valence-corrected chi connectivity index (χ1v) is 10.0. The normalized spacial score (nSPS) is 10.8. The van der Waals surface area contributed by atoms with Crippen LogP contribution in [0.3, 0.4) is 0 Å². The number of nitro benzene ring substituents is 1. The van der Waals surface area contributed by atoms with Crippen LogP contribution in [-0.2, 0) is 0 Å². The topological polar surface area (TPSA) is 112 Å². The van der Waals surface area contributed by atoms with E-state index >= 15 is 0 Å². The van der Waals surface area contributed by atoms with Gasteiger partial charge in [-0.3, -0.25) is 14.9 Å². The standard InChI is InChI=1S/C23H21N5O4/c1-4-32-18-8-6-17(7-9-18)27-25-20-12-14(2)19(13-21(20)26-27)24-23(29)16-5-10-22(28(30)31)15(3)11-16/h5-13H,4H2,1-3H3,(H,24,29). The van der Waals surface area contributed by atoms with Gasteiger partial charge in [-0.2, -0.15) is 4.80 Å². The van der Waals surface area contributed by atoms with E-state index in [1.807, 2.05) is 44.2 Å². The van der Waals surface area contributed by atoms with Crippen molar-refractivity contribution in [3.63, 3.8) is 0 Å². The first-order chi connectivity index (χ1) is 15.4. The van der Waals surface area contributed by atoms with Gasteiger partial charge in [0.25, 0.3) is 11.6 Å². The van der Waals surface area contributed by atoms with Crippen molar-refractivity contribution in [2.75, 3.05) is 11.9 Å². The summed E-state index contributed by atoms with van der Waals surface area (Å²) in [4.78, 5) is 24.8. The molecular weight excluding hydrogens is 410 g/mol. The van der Waals surface area contributed by atoms with Gasteiger partial charge in [-0.15, -0.1) is 10.2 Å². The van der Waals surface area contributed by atoms with Crippen LogP contribution in [0.15, 0.2) is 54.6 Å². The second-order valence-corrected chi connectivity index (χ2v) is 7.28. The minimum Gasteiger partial charge on any atom is -0.494 e. The van der Waals surface area contributed by atoms with E-state index in [2.05, 4.69) is 15.5 Å². The molecule has 0 aliphatic heterocycles. The molecule has 0 aliphatic carbocycles. The average molecular weight is 431 g/mol. The Morgan fingerprint density at radius 3 is 2.34 bits per heavy atom. The molecule has 0 unspecified atom stereocenters. The molecule has 0 saturated carbocycles. The molecular formula is C23H21N5O4. The maximum absolute atomic E-state index is 12.7. The van der Waals surface area contributed by atoms with Gasteiger partial charge in [0, 0.05) is 22.9 Å². The van der Waals surface area contributed by atoms with Crippen molar-refractivity contribution >= 4 is 28.3 Å². The summed E-state index contributed by atoms with van der Waals surface area (Å²) in [7, 11) is 0. The predicted octanol–water partition coefficient (Wildman–Crippen LogP) is 4.60. The van der Waals surface area contributed by atoms with Gasteiger partial charge in [0.15, 0.2) is 0 Å². The lowest BCUT2D eigenvalue weighted by Crippen LogP contribution is -2.13. The van der Waals surface area contributed by atoms with Crippen LogP contribution < -0.4 is 10.1 Å². The summed E-state index contributed by atoms with van der Waals surface area (Å²) in [6.45, 7) is 5.99. The smallest absolute Gasteiger partial charge is 0.272 e. The molecule has 9 heteroatoms. The van der Waals surface area contributed by atoms with Crippen molar-refractivity contribution in [1.29, 1.82) is 0 Å². The van der Waals surface area contributed by atoms with Crippen LogP contribution in [-0.4, -0.2) is 32.4 Å². The monoisotopic (exact) mass is 431 g/mol. The van der Waals surface area contributed by atoms with Gasteiger partial charge >= 0.3 is 0 Å². The summed E-state index contributed by atoms with van der Waals surface area (Å²) in [5, 5.41) is 22.9. The molecule has 0 radical (unpaired) electrons. The number of nitrogens with zero attached hydrogens (tertiary/aromatic N) is 4. The fraction of sp³-hybridized carbons (Fsp3) is 0.174. The molecule has 3 aromatic carbocycles. The molecule has 0 atom stereocenters. The minimum atomic E-state index is -0.469. The van der Waals surface area contributed by atoms with Gasteiger partial charge in [0.2, 0.25) is 0 Å². The maximum atomic E-state index is 12.7. The molecule has 1 aromatic heterocycles. The number of aryl methyl sites for hydroxylation is 2. The van der Waals surface area contributed by atoms with Crippen LogP contribution in [0.1, 0.15) is 28.4 Å². The van der Waals surface area contributed by atoms with Gasteiger partial charge in [0.05, 0.1) is 17.2 Å². The highest BCUT2D eigenvalue weighted by Crippen LogP contribution is 2.24. The molecule has 32 heavy (non-hydrogen) atoms. The third-order valence-corrected chi connectivity index (χ3v) is 5.01. The number of ether oxygens (including phenoxy) is 1. The van der Waals surface area contributed by atoms with Crippen LogP contribution in [0.5, 0.6) is 5.75 Å². The number of amides is 1. The largest absolute Gasteiger partial charge is 0.494 e. The number of fused-ring (bicyclic) bond motifs is 1. The average Bonchev–Trinajstić information content (AvgIpc) is 3.17. The van der Waals surface area contributed by atoms with E-state index in [-0.39, 0.29) is 11.6 Å². The lowest BCUT2D eigenvalue weighted by molar-refractivity contribution is -0.385. The number of aromatic nitrogens is 3. The molecule has 1 heterocycles. The zero-order valence-corrected chi connectivity index (χ0v) is 17.8. The minimum absolute atomic E-state index is 0.0231. The molecule has 9 nitrogen and oxygen atoms in total. The van der Waals surface area contributed by atoms with Crippen molar-refractivity contribution in [2.24, 2.45) is 0 Å². The van der Waals surface area contributed by atoms with Crippen molar-refractivity contribution < 1.29 is 14.5 Å². The number of nitrogens with one attached hydrogen (secondary N) is 1. The second-order valence-electron chi connectivity index (χ2n) is 7.28. The van der Waals surface area contributed by atoms with Crippen LogP contribution in [0.25, 0.3) is 16.7 Å². The molecule has 0 spiro atoms. The zero-order chi connectivity index (χ0) is 22.8. The lowest BCUT2D eigenvalue weighted by atomic mass is 10.1. The third kappa shape index (κ3) is 4.13. The molecule has 0 fully saturated rings. The summed E-state index contributed by atoms with van der Waals surface area (Å²) in [5.41, 5.74) is 4.26. The molecule has 4 aromatic rings. The van der Waals surface area contributed by atoms with E-state index in [4.69, 9.17) is 4.74 Å². The highest BCUT2D eigenvalue weighted by Gasteiger charge is 2.16. The Morgan fingerprint density at radius 1 is 1.03 bits per heavy atom. The van der Waals surface area contributed by atoms with E-state index in [0.29, 0.717) is 34.5 Å². The van der Waals surface area contributed by atoms with Crippen LogP contribution in [0.2, 0.25) is 0 Å². The number of hydrogen-bond donors (Lipinski definition) is 1. The molecule has 4 rings (SSSR count). The van der Waals surface area contributed by atoms with Crippen LogP contribution >= 0.6 is 0 Å². The number of nitro groups is 1. The van der Waals surface area contributed by atoms with Crippen molar-refractivity contribution in [3.05, 3.63) is 81.4 Å². The van der Waals surface area contributed by atoms with E-state index in [9.17, 15) is 14.9 Å². The van der Waals surface area contributed by atoms with E-state index in [1.54, 1.807) is 13.0 Å². The molecule has 0 saturated heterocycles. The summed E-state index contributed by atoms with van der Waals surface area (Å²) in [5.74, 6) is 0.416. The van der Waals surface area contributed by atoms with E-state index in [1.165, 1.54) is 23.0 Å². The van der Waals surface area contributed by atoms with Gasteiger partial charge in [-0.1, -0.05) is 0 Å². The number of hydrogen-bond acceptors (Lipinski definition) is 6. The predicted molar refractivity (Wildman–Crippen MR) is 121 cm³/mol. The van der Waals surface area contributed by atoms with Gasteiger partial charge in [-0.25, -0.2) is 0 Å². The fourth-order valence-corrected chi connectivity index (χ4v) is 3.36. The Morgan fingerprint density at radius 2 is 1.72 bits per heavy atom. The molecule has 1 N–H and O–H groups in total. The Kier molecular flexibility index (Phi) is 5.55. The number of carbonyl (C=O) groups excluding carboxylic acids is 1. The highest BCUT2D eigenvalue weighted by molar-refractivity contribution is 6.05. The Balaban J connectivity index is 1.60. The van der Waals surface area contributed by atoms with Crippen molar-refractivity contribution in [1.82, 2.24) is 15.0 Å². The third-order valence-electron chi connectivity index (χ3n) is 5.01. The molecule has 0 aliphatic rings. The quantitative estimate of drug-likeness (QED) is 0.353. The SMILES string of the molecule is CCOc1ccc(-n2nc3cc(C)c(NC(=O)c4ccc([N+](=O)[O-])c(C)c4)cc3n2)cc1. The van der Waals surface area contributed by atoms with Crippen LogP contribution in [0, 0.1) is 24.0 Å². The highest BCUT2D eigenvalue weighted by atomic mass is 16.6. The van der Waals surface area contributed by atoms with Gasteiger partial charge in [0.1, 0.15) is 16.8 Å². The number of rotatable bonds is 6. The molecule has 0 bridgehead atoms. The zero-order valence-electron chi connectivity index (χ0n) is 17.8. The van der Waals surface area contributed by atoms with E-state index < -0.39 is 4.92 Å². The number of anilines is 1. The first kappa shape index (κ1) is 21.0. The molecule has 162 valence electrons. The second kappa shape index (κ2) is 8.46. The summed E-state index contributed by atoms with van der Waals surface area (Å²) < 4.78 is 5.46. The summed E-state index contributed by atoms with van der Waals surface area (Å²) in [6, 6.07) is 15.4. The Labute approximate surface area is 183 Å². The van der Waals surface area contributed by atoms with Gasteiger partial charge < -0.3 is 10.1 Å².